The van der Waals surface area contributed by atoms with E-state index in [4.69, 9.17) is 0 Å². The first-order valence-corrected chi connectivity index (χ1v) is 8.66. The van der Waals surface area contributed by atoms with Crippen LogP contribution in [-0.4, -0.2) is 35.3 Å². The van der Waals surface area contributed by atoms with Crippen molar-refractivity contribution in [3.63, 3.8) is 0 Å². The zero-order chi connectivity index (χ0) is 18.0. The summed E-state index contributed by atoms with van der Waals surface area (Å²) in [7, 11) is 0. The number of hydrogen-bond donors (Lipinski definition) is 2. The number of hydrogen-bond acceptors (Lipinski definition) is 3. The molecule has 134 valence electrons. The van der Waals surface area contributed by atoms with Gasteiger partial charge in [0.25, 0.3) is 5.91 Å². The van der Waals surface area contributed by atoms with Gasteiger partial charge in [-0.2, -0.15) is 0 Å². The molecule has 3 rings (SSSR count). The largest absolute Gasteiger partial charge is 0.352 e. The first kappa shape index (κ1) is 17.4. The van der Waals surface area contributed by atoms with Crippen molar-refractivity contribution in [1.29, 1.82) is 0 Å². The topological polar surface area (TPSA) is 78.5 Å². The number of rotatable bonds is 5. The minimum Gasteiger partial charge on any atom is -0.352 e. The van der Waals surface area contributed by atoms with Crippen molar-refractivity contribution >= 4 is 17.8 Å². The molecule has 2 aliphatic rings. The second-order valence-corrected chi connectivity index (χ2v) is 6.64. The average molecular weight is 347 g/mol. The van der Waals surface area contributed by atoms with E-state index in [1.54, 1.807) is 6.92 Å². The van der Waals surface area contributed by atoms with Crippen molar-refractivity contribution in [2.24, 2.45) is 0 Å². The Hall–Kier alpha value is -2.44. The van der Waals surface area contributed by atoms with Crippen LogP contribution in [0.2, 0.25) is 0 Å². The van der Waals surface area contributed by atoms with E-state index < -0.39 is 23.3 Å². The second-order valence-electron chi connectivity index (χ2n) is 6.64. The molecule has 1 atom stereocenters. The summed E-state index contributed by atoms with van der Waals surface area (Å²) in [5.74, 6) is -1.23. The molecule has 1 saturated heterocycles. The molecule has 0 radical (unpaired) electrons. The number of carbonyl (C=O) groups excluding carboxylic acids is 3. The monoisotopic (exact) mass is 347 g/mol. The lowest BCUT2D eigenvalue weighted by atomic mass is 9.87. The van der Waals surface area contributed by atoms with E-state index in [2.05, 4.69) is 10.6 Å². The summed E-state index contributed by atoms with van der Waals surface area (Å²) < 4.78 is 13.2. The number of nitrogens with one attached hydrogen (secondary N) is 2. The van der Waals surface area contributed by atoms with E-state index in [0.717, 1.165) is 30.6 Å². The number of halogens is 1. The first-order valence-electron chi connectivity index (χ1n) is 8.66. The summed E-state index contributed by atoms with van der Waals surface area (Å²) >= 11 is 0. The lowest BCUT2D eigenvalue weighted by molar-refractivity contribution is -0.135. The molecule has 2 fully saturated rings. The molecule has 0 spiro atoms. The lowest BCUT2D eigenvalue weighted by Crippen LogP contribution is -2.45. The summed E-state index contributed by atoms with van der Waals surface area (Å²) in [4.78, 5) is 38.3. The summed E-state index contributed by atoms with van der Waals surface area (Å²) in [6, 6.07) is 5.00. The van der Waals surface area contributed by atoms with Gasteiger partial charge in [-0.15, -0.1) is 0 Å². The van der Waals surface area contributed by atoms with E-state index in [0.29, 0.717) is 12.0 Å². The molecule has 0 aromatic heterocycles. The number of urea groups is 1. The van der Waals surface area contributed by atoms with Gasteiger partial charge < -0.3 is 10.6 Å². The molecule has 25 heavy (non-hydrogen) atoms. The molecule has 1 heterocycles. The standard InChI is InChI=1S/C18H22FN3O3/c1-2-18(12-7-9-13(19)10-8-12)16(24)22(17(25)21-18)11-15(23)20-14-5-3-4-6-14/h7-10,14H,2-6,11H2,1H3,(H,20,23)(H,21,25). The molecular formula is C18H22FN3O3. The molecule has 4 amide bonds. The van der Waals surface area contributed by atoms with Crippen molar-refractivity contribution in [1.82, 2.24) is 15.5 Å². The SMILES string of the molecule is CCC1(c2ccc(F)cc2)NC(=O)N(CC(=O)NC2CCCC2)C1=O. The van der Waals surface area contributed by atoms with Crippen LogP contribution in [0.15, 0.2) is 24.3 Å². The molecule has 1 saturated carbocycles. The van der Waals surface area contributed by atoms with Gasteiger partial charge in [0.2, 0.25) is 5.91 Å². The zero-order valence-corrected chi connectivity index (χ0v) is 14.2. The quantitative estimate of drug-likeness (QED) is 0.800. The molecule has 1 aliphatic carbocycles. The van der Waals surface area contributed by atoms with Crippen molar-refractivity contribution in [3.8, 4) is 0 Å². The number of carbonyl (C=O) groups is 3. The smallest absolute Gasteiger partial charge is 0.325 e. The third-order valence-corrected chi connectivity index (χ3v) is 5.07. The highest BCUT2D eigenvalue weighted by Crippen LogP contribution is 2.32. The highest BCUT2D eigenvalue weighted by Gasteiger charge is 2.51. The molecule has 1 aliphatic heterocycles. The van der Waals surface area contributed by atoms with Crippen LogP contribution in [-0.2, 0) is 15.1 Å². The van der Waals surface area contributed by atoms with Gasteiger partial charge in [-0.3, -0.25) is 14.5 Å². The molecule has 6 nitrogen and oxygen atoms in total. The molecule has 2 N–H and O–H groups in total. The van der Waals surface area contributed by atoms with Gasteiger partial charge in [-0.1, -0.05) is 31.9 Å². The van der Waals surface area contributed by atoms with Crippen LogP contribution >= 0.6 is 0 Å². The Morgan fingerprint density at radius 1 is 1.28 bits per heavy atom. The third-order valence-electron chi connectivity index (χ3n) is 5.07. The molecule has 0 bridgehead atoms. The molecular weight excluding hydrogens is 325 g/mol. The van der Waals surface area contributed by atoms with Crippen LogP contribution in [0.3, 0.4) is 0 Å². The van der Waals surface area contributed by atoms with Gasteiger partial charge in [0.05, 0.1) is 0 Å². The van der Waals surface area contributed by atoms with E-state index in [-0.39, 0.29) is 18.5 Å². The number of amides is 4. The van der Waals surface area contributed by atoms with Gasteiger partial charge in [-0.05, 0) is 37.0 Å². The van der Waals surface area contributed by atoms with E-state index in [1.807, 2.05) is 0 Å². The lowest BCUT2D eigenvalue weighted by Gasteiger charge is -2.25. The van der Waals surface area contributed by atoms with Crippen molar-refractivity contribution in [2.75, 3.05) is 6.54 Å². The maximum Gasteiger partial charge on any atom is 0.325 e. The normalized spacial score (nSPS) is 23.8. The maximum atomic E-state index is 13.2. The Morgan fingerprint density at radius 2 is 1.92 bits per heavy atom. The predicted molar refractivity (Wildman–Crippen MR) is 89.0 cm³/mol. The summed E-state index contributed by atoms with van der Waals surface area (Å²) in [5, 5.41) is 5.56. The predicted octanol–water partition coefficient (Wildman–Crippen LogP) is 2.04. The molecule has 1 aromatic rings. The van der Waals surface area contributed by atoms with Crippen molar-refractivity contribution < 1.29 is 18.8 Å². The van der Waals surface area contributed by atoms with Gasteiger partial charge in [0.15, 0.2) is 0 Å². The van der Waals surface area contributed by atoms with Crippen LogP contribution in [0.25, 0.3) is 0 Å². The second kappa shape index (κ2) is 6.82. The third kappa shape index (κ3) is 3.23. The first-order chi connectivity index (χ1) is 12.0. The Morgan fingerprint density at radius 3 is 2.52 bits per heavy atom. The molecule has 7 heteroatoms. The fourth-order valence-corrected chi connectivity index (χ4v) is 3.63. The van der Waals surface area contributed by atoms with Crippen LogP contribution in [0.5, 0.6) is 0 Å². The Labute approximate surface area is 145 Å². The fraction of sp³-hybridized carbons (Fsp3) is 0.500. The Balaban J connectivity index is 1.76. The van der Waals surface area contributed by atoms with Crippen LogP contribution in [0.4, 0.5) is 9.18 Å². The number of nitrogens with zero attached hydrogens (tertiary/aromatic N) is 1. The number of benzene rings is 1. The number of imide groups is 1. The zero-order valence-electron chi connectivity index (χ0n) is 14.2. The van der Waals surface area contributed by atoms with E-state index in [9.17, 15) is 18.8 Å². The molecule has 1 aromatic carbocycles. The van der Waals surface area contributed by atoms with Crippen molar-refractivity contribution in [3.05, 3.63) is 35.6 Å². The van der Waals surface area contributed by atoms with Gasteiger partial charge in [-0.25, -0.2) is 9.18 Å². The van der Waals surface area contributed by atoms with Crippen LogP contribution < -0.4 is 10.6 Å². The summed E-state index contributed by atoms with van der Waals surface area (Å²) in [6.07, 6.45) is 4.33. The maximum absolute atomic E-state index is 13.2. The van der Waals surface area contributed by atoms with Crippen molar-refractivity contribution in [2.45, 2.75) is 50.6 Å². The highest BCUT2D eigenvalue weighted by molar-refractivity contribution is 6.09. The summed E-state index contributed by atoms with van der Waals surface area (Å²) in [6.45, 7) is 1.47. The highest BCUT2D eigenvalue weighted by atomic mass is 19.1. The Bertz CT molecular complexity index is 685. The minimum absolute atomic E-state index is 0.126. The average Bonchev–Trinajstić information content (AvgIpc) is 3.18. The summed E-state index contributed by atoms with van der Waals surface area (Å²) in [5.41, 5.74) is -0.744. The Kier molecular flexibility index (Phi) is 4.74. The molecule has 1 unspecified atom stereocenters. The van der Waals surface area contributed by atoms with Crippen LogP contribution in [0.1, 0.15) is 44.6 Å². The van der Waals surface area contributed by atoms with Crippen LogP contribution in [0, 0.1) is 5.82 Å². The fourth-order valence-electron chi connectivity index (χ4n) is 3.63. The minimum atomic E-state index is -1.25. The van der Waals surface area contributed by atoms with Gasteiger partial charge in [0, 0.05) is 6.04 Å². The van der Waals surface area contributed by atoms with E-state index >= 15 is 0 Å². The van der Waals surface area contributed by atoms with Gasteiger partial charge in [0.1, 0.15) is 17.9 Å². The van der Waals surface area contributed by atoms with E-state index in [1.165, 1.54) is 24.3 Å². The van der Waals surface area contributed by atoms with Gasteiger partial charge >= 0.3 is 6.03 Å².